The van der Waals surface area contributed by atoms with Crippen molar-refractivity contribution in [2.24, 2.45) is 44.8 Å². The summed E-state index contributed by atoms with van der Waals surface area (Å²) >= 11 is 0. The van der Waals surface area contributed by atoms with Gasteiger partial charge in [0.05, 0.1) is 36.1 Å². The van der Waals surface area contributed by atoms with E-state index >= 15 is 0 Å². The molecule has 0 aromatic carbocycles. The van der Waals surface area contributed by atoms with Crippen LogP contribution in [-0.2, 0) is 19.0 Å². The van der Waals surface area contributed by atoms with Crippen LogP contribution in [0.5, 0.6) is 0 Å². The predicted octanol–water partition coefficient (Wildman–Crippen LogP) is 2.43. The number of hydrogen-bond acceptors (Lipinski definition) is 11. The van der Waals surface area contributed by atoms with E-state index in [4.69, 9.17) is 14.2 Å². The first-order valence-electron chi connectivity index (χ1n) is 18.3. The third-order valence-electron chi connectivity index (χ3n) is 15.6. The van der Waals surface area contributed by atoms with Crippen molar-refractivity contribution in [3.05, 3.63) is 0 Å². The van der Waals surface area contributed by atoms with Crippen LogP contribution in [0.15, 0.2) is 0 Å². The Labute approximate surface area is 285 Å². The third kappa shape index (κ3) is 5.03. The molecule has 0 bridgehead atoms. The van der Waals surface area contributed by atoms with Gasteiger partial charge in [-0.15, -0.1) is 0 Å². The highest BCUT2D eigenvalue weighted by molar-refractivity contribution is 5.66. The van der Waals surface area contributed by atoms with Crippen molar-refractivity contribution in [2.75, 3.05) is 6.61 Å². The Kier molecular flexibility index (Phi) is 8.88. The molecule has 1 aliphatic heterocycles. The summed E-state index contributed by atoms with van der Waals surface area (Å²) in [5, 5.41) is 76.1. The van der Waals surface area contributed by atoms with Crippen molar-refractivity contribution in [2.45, 2.75) is 173 Å². The zero-order chi connectivity index (χ0) is 35.6. The molecule has 5 aliphatic carbocycles. The first-order valence-corrected chi connectivity index (χ1v) is 18.3. The van der Waals surface area contributed by atoms with Gasteiger partial charge in [-0.25, -0.2) is 0 Å². The van der Waals surface area contributed by atoms with E-state index in [1.54, 1.807) is 6.92 Å². The molecule has 1 heterocycles. The van der Waals surface area contributed by atoms with Crippen LogP contribution in [-0.4, -0.2) is 109 Å². The number of ether oxygens (including phenoxy) is 3. The molecule has 276 valence electrons. The van der Waals surface area contributed by atoms with Crippen molar-refractivity contribution in [3.63, 3.8) is 0 Å². The summed E-state index contributed by atoms with van der Waals surface area (Å²) in [6.07, 6.45) is -1.45. The van der Waals surface area contributed by atoms with Gasteiger partial charge in [0.1, 0.15) is 24.4 Å². The van der Waals surface area contributed by atoms with E-state index in [9.17, 15) is 40.5 Å². The maximum atomic E-state index is 12.6. The van der Waals surface area contributed by atoms with Gasteiger partial charge in [0.2, 0.25) is 0 Å². The van der Waals surface area contributed by atoms with Gasteiger partial charge in [0.25, 0.3) is 0 Å². The lowest BCUT2D eigenvalue weighted by Crippen LogP contribution is -2.62. The molecule has 11 nitrogen and oxygen atoms in total. The Hall–Kier alpha value is -0.890. The second kappa shape index (κ2) is 11.6. The average molecular weight is 683 g/mol. The summed E-state index contributed by atoms with van der Waals surface area (Å²) < 4.78 is 18.2. The molecule has 7 N–H and O–H groups in total. The number of aliphatic hydroxyl groups is 7. The Morgan fingerprint density at radius 2 is 1.52 bits per heavy atom. The number of esters is 1. The fourth-order valence-electron chi connectivity index (χ4n) is 13.0. The van der Waals surface area contributed by atoms with E-state index in [1.165, 1.54) is 20.8 Å². The number of fused-ring (bicyclic) bond motifs is 2. The molecule has 0 aromatic heterocycles. The molecule has 6 rings (SSSR count). The van der Waals surface area contributed by atoms with Crippen LogP contribution in [0.2, 0.25) is 0 Å². The van der Waals surface area contributed by atoms with Crippen molar-refractivity contribution >= 4 is 5.97 Å². The highest BCUT2D eigenvalue weighted by Gasteiger charge is 2.85. The molecule has 0 radical (unpaired) electrons. The number of carbonyl (C=O) groups is 1. The minimum absolute atomic E-state index is 0.0104. The maximum Gasteiger partial charge on any atom is 0.303 e. The smallest absolute Gasteiger partial charge is 0.303 e. The molecule has 6 aliphatic rings. The fraction of sp³-hybridized carbons (Fsp3) is 0.973. The molecule has 48 heavy (non-hydrogen) atoms. The standard InChI is InChI=1S/C37H62O11/c1-19(38)47-29-27(43)28(34(7,45)13-11-23(40)32(4,5)44)33(6)15-16-37-18-36(37)14-12-24(48-30-26(42)25(41)20(39)17-46-30)31(2,3)21(36)9-10-22(37)35(29,33)8/h20-30,39-45H,9-18H2,1-8H3/t20-,21-,22+,23-,24+,25+,26-,27-,28+,29+,30+,33-,34+,35-,36-,37+/m1/s1. The number of carbonyl (C=O) groups excluding carboxylic acids is 1. The van der Waals surface area contributed by atoms with Crippen LogP contribution in [0.4, 0.5) is 0 Å². The van der Waals surface area contributed by atoms with Gasteiger partial charge in [0.15, 0.2) is 6.29 Å². The zero-order valence-electron chi connectivity index (χ0n) is 30.2. The lowest BCUT2D eigenvalue weighted by Gasteiger charge is -2.64. The van der Waals surface area contributed by atoms with Crippen LogP contribution < -0.4 is 0 Å². The summed E-state index contributed by atoms with van der Waals surface area (Å²) in [4.78, 5) is 12.6. The zero-order valence-corrected chi connectivity index (χ0v) is 30.2. The Morgan fingerprint density at radius 1 is 0.896 bits per heavy atom. The second-order valence-corrected chi connectivity index (χ2v) is 18.7. The molecule has 16 atom stereocenters. The van der Waals surface area contributed by atoms with Crippen LogP contribution in [0, 0.1) is 44.8 Å². The Bertz CT molecular complexity index is 1250. The van der Waals surface area contributed by atoms with Gasteiger partial charge in [-0.05, 0) is 112 Å². The fourth-order valence-corrected chi connectivity index (χ4v) is 13.0. The summed E-state index contributed by atoms with van der Waals surface area (Å²) in [6.45, 7) is 14.9. The molecule has 6 fully saturated rings. The summed E-state index contributed by atoms with van der Waals surface area (Å²) in [5.74, 6) is -0.600. The second-order valence-electron chi connectivity index (χ2n) is 18.7. The number of hydrogen-bond donors (Lipinski definition) is 7. The van der Waals surface area contributed by atoms with E-state index in [-0.39, 0.29) is 47.7 Å². The van der Waals surface area contributed by atoms with Crippen LogP contribution in [0.1, 0.15) is 113 Å². The largest absolute Gasteiger partial charge is 0.459 e. The summed E-state index contributed by atoms with van der Waals surface area (Å²) in [7, 11) is 0. The van der Waals surface area contributed by atoms with E-state index in [0.717, 1.165) is 44.9 Å². The van der Waals surface area contributed by atoms with Crippen LogP contribution in [0.25, 0.3) is 0 Å². The molecule has 0 amide bonds. The average Bonchev–Trinajstić information content (AvgIpc) is 3.61. The lowest BCUT2D eigenvalue weighted by molar-refractivity contribution is -0.303. The number of rotatable bonds is 8. The van der Waals surface area contributed by atoms with Crippen molar-refractivity contribution in [3.8, 4) is 0 Å². The van der Waals surface area contributed by atoms with Crippen molar-refractivity contribution < 1.29 is 54.8 Å². The molecule has 2 spiro atoms. The van der Waals surface area contributed by atoms with E-state index in [1.807, 2.05) is 0 Å². The van der Waals surface area contributed by atoms with E-state index in [0.29, 0.717) is 5.92 Å². The quantitative estimate of drug-likeness (QED) is 0.147. The maximum absolute atomic E-state index is 12.6. The molecule has 1 saturated heterocycles. The first-order chi connectivity index (χ1) is 22.0. The van der Waals surface area contributed by atoms with Gasteiger partial charge >= 0.3 is 5.97 Å². The highest BCUT2D eigenvalue weighted by Crippen LogP contribution is 2.89. The molecule has 0 unspecified atom stereocenters. The first kappa shape index (κ1) is 36.9. The summed E-state index contributed by atoms with van der Waals surface area (Å²) in [6, 6.07) is 0. The minimum Gasteiger partial charge on any atom is -0.459 e. The number of aliphatic hydroxyl groups excluding tert-OH is 5. The summed E-state index contributed by atoms with van der Waals surface area (Å²) in [5.41, 5.74) is -4.15. The van der Waals surface area contributed by atoms with Gasteiger partial charge in [-0.1, -0.05) is 27.7 Å². The normalized spacial score (nSPS) is 51.4. The molecular weight excluding hydrogens is 620 g/mol. The minimum atomic E-state index is -1.40. The van der Waals surface area contributed by atoms with Crippen molar-refractivity contribution in [1.29, 1.82) is 0 Å². The monoisotopic (exact) mass is 682 g/mol. The van der Waals surface area contributed by atoms with Gasteiger partial charge in [0, 0.05) is 18.3 Å². The van der Waals surface area contributed by atoms with Gasteiger partial charge in [-0.2, -0.15) is 0 Å². The van der Waals surface area contributed by atoms with Crippen LogP contribution in [0.3, 0.4) is 0 Å². The molecule has 5 saturated carbocycles. The topological polar surface area (TPSA) is 186 Å². The third-order valence-corrected chi connectivity index (χ3v) is 15.6. The van der Waals surface area contributed by atoms with Crippen molar-refractivity contribution in [1.82, 2.24) is 0 Å². The van der Waals surface area contributed by atoms with Gasteiger partial charge in [-0.3, -0.25) is 4.79 Å². The SMILES string of the molecule is CC(=O)O[C@H]1[C@H](O)[C@H]([C@@](C)(O)CC[C@@H](O)C(C)(C)O)[C@@]2(C)CC[C@@]34C[C@@]35CC[C@H](O[C@@H]3OC[C@@H](O)[C@H](O)[C@H]3O)C(C)(C)[C@H]5CC[C@H]4[C@]12C. The lowest BCUT2D eigenvalue weighted by atomic mass is 9.41. The van der Waals surface area contributed by atoms with E-state index < -0.39 is 76.8 Å². The van der Waals surface area contributed by atoms with E-state index in [2.05, 4.69) is 27.7 Å². The highest BCUT2D eigenvalue weighted by atomic mass is 16.7. The molecular formula is C37H62O11. The Balaban J connectivity index is 1.29. The molecule has 0 aromatic rings. The van der Waals surface area contributed by atoms with Crippen LogP contribution >= 0.6 is 0 Å². The molecule has 11 heteroatoms. The predicted molar refractivity (Wildman–Crippen MR) is 174 cm³/mol. The Morgan fingerprint density at radius 3 is 2.15 bits per heavy atom. The van der Waals surface area contributed by atoms with Gasteiger partial charge < -0.3 is 50.0 Å².